The number of ether oxygens (including phenoxy) is 3. The smallest absolute Gasteiger partial charge is 0.239 e. The number of halogens is 2. The molecule has 0 aliphatic rings. The summed E-state index contributed by atoms with van der Waals surface area (Å²) in [5.74, 6) is -0.157. The zero-order chi connectivity index (χ0) is 21.8. The van der Waals surface area contributed by atoms with Crippen molar-refractivity contribution >= 4 is 0 Å². The second-order valence-corrected chi connectivity index (χ2v) is 6.58. The molecule has 0 saturated carbocycles. The van der Waals surface area contributed by atoms with E-state index in [9.17, 15) is 8.78 Å². The predicted octanol–water partition coefficient (Wildman–Crippen LogP) is 5.90. The van der Waals surface area contributed by atoms with Crippen LogP contribution in [0.1, 0.15) is 0 Å². The van der Waals surface area contributed by atoms with Crippen LogP contribution < -0.4 is 14.2 Å². The number of rotatable bonds is 6. The zero-order valence-corrected chi connectivity index (χ0v) is 16.8. The van der Waals surface area contributed by atoms with Crippen LogP contribution in [0.5, 0.6) is 23.1 Å². The summed E-state index contributed by atoms with van der Waals surface area (Å²) in [6.45, 7) is 0. The molecule has 0 unspecified atom stereocenters. The molecule has 0 aliphatic carbocycles. The van der Waals surface area contributed by atoms with Crippen LogP contribution in [0, 0.1) is 11.6 Å². The van der Waals surface area contributed by atoms with Gasteiger partial charge < -0.3 is 14.2 Å². The Morgan fingerprint density at radius 2 is 1.29 bits per heavy atom. The van der Waals surface area contributed by atoms with Crippen LogP contribution in [-0.2, 0) is 0 Å². The molecule has 0 spiro atoms. The van der Waals surface area contributed by atoms with Crippen molar-refractivity contribution in [2.75, 3.05) is 14.2 Å². The highest BCUT2D eigenvalue weighted by atomic mass is 19.1. The monoisotopic (exact) mass is 420 g/mol. The average molecular weight is 420 g/mol. The molecular formula is C24H18F2N2O3. The lowest BCUT2D eigenvalue weighted by Crippen LogP contribution is -1.98. The van der Waals surface area contributed by atoms with Crippen molar-refractivity contribution in [1.82, 2.24) is 10.2 Å². The molecule has 156 valence electrons. The first kappa shape index (κ1) is 20.3. The van der Waals surface area contributed by atoms with E-state index in [-0.39, 0.29) is 11.6 Å². The number of methoxy groups -OCH3 is 2. The lowest BCUT2D eigenvalue weighted by molar-refractivity contribution is 0.414. The minimum atomic E-state index is -0.827. The first-order chi connectivity index (χ1) is 15.1. The molecule has 0 saturated heterocycles. The molecule has 0 amide bonds. The topological polar surface area (TPSA) is 53.5 Å². The highest BCUT2D eigenvalue weighted by Gasteiger charge is 2.15. The minimum absolute atomic E-state index is 0.0774. The Labute approximate surface area is 177 Å². The van der Waals surface area contributed by atoms with Gasteiger partial charge in [-0.15, -0.1) is 10.2 Å². The summed E-state index contributed by atoms with van der Waals surface area (Å²) < 4.78 is 43.2. The van der Waals surface area contributed by atoms with Crippen molar-refractivity contribution in [2.24, 2.45) is 0 Å². The maximum atomic E-state index is 14.0. The number of benzene rings is 3. The highest BCUT2D eigenvalue weighted by Crippen LogP contribution is 2.35. The predicted molar refractivity (Wildman–Crippen MR) is 112 cm³/mol. The van der Waals surface area contributed by atoms with Crippen molar-refractivity contribution in [2.45, 2.75) is 0 Å². The molecule has 7 heteroatoms. The van der Waals surface area contributed by atoms with Gasteiger partial charge in [-0.3, -0.25) is 0 Å². The van der Waals surface area contributed by atoms with Crippen LogP contribution >= 0.6 is 0 Å². The van der Waals surface area contributed by atoms with E-state index in [4.69, 9.17) is 14.2 Å². The van der Waals surface area contributed by atoms with Crippen LogP contribution in [0.2, 0.25) is 0 Å². The van der Waals surface area contributed by atoms with Crippen molar-refractivity contribution in [3.8, 4) is 45.5 Å². The molecule has 31 heavy (non-hydrogen) atoms. The van der Waals surface area contributed by atoms with Crippen LogP contribution in [0.3, 0.4) is 0 Å². The largest absolute Gasteiger partial charge is 0.497 e. The maximum Gasteiger partial charge on any atom is 0.239 e. The molecule has 0 atom stereocenters. The molecular weight excluding hydrogens is 402 g/mol. The fraction of sp³-hybridized carbons (Fsp3) is 0.0833. The van der Waals surface area contributed by atoms with Gasteiger partial charge in [-0.25, -0.2) is 8.78 Å². The maximum absolute atomic E-state index is 14.0. The van der Waals surface area contributed by atoms with E-state index in [2.05, 4.69) is 10.2 Å². The minimum Gasteiger partial charge on any atom is -0.497 e. The van der Waals surface area contributed by atoms with E-state index < -0.39 is 11.6 Å². The molecule has 3 aromatic carbocycles. The van der Waals surface area contributed by atoms with Gasteiger partial charge in [0.05, 0.1) is 14.2 Å². The quantitative estimate of drug-likeness (QED) is 0.389. The molecule has 4 rings (SSSR count). The molecule has 0 bridgehead atoms. The van der Waals surface area contributed by atoms with Gasteiger partial charge in [0.25, 0.3) is 0 Å². The van der Waals surface area contributed by atoms with Gasteiger partial charge in [0.15, 0.2) is 11.6 Å². The van der Waals surface area contributed by atoms with Crippen molar-refractivity contribution < 1.29 is 23.0 Å². The lowest BCUT2D eigenvalue weighted by Gasteiger charge is -2.12. The Hall–Kier alpha value is -4.00. The Kier molecular flexibility index (Phi) is 5.75. The van der Waals surface area contributed by atoms with Crippen molar-refractivity contribution in [3.63, 3.8) is 0 Å². The first-order valence-electron chi connectivity index (χ1n) is 9.37. The fourth-order valence-corrected chi connectivity index (χ4v) is 3.05. The molecule has 4 aromatic rings. The van der Waals surface area contributed by atoms with Gasteiger partial charge in [-0.2, -0.15) is 0 Å². The normalized spacial score (nSPS) is 10.6. The fourth-order valence-electron chi connectivity index (χ4n) is 3.05. The van der Waals surface area contributed by atoms with Gasteiger partial charge in [0, 0.05) is 23.3 Å². The third-order valence-electron chi connectivity index (χ3n) is 4.64. The van der Waals surface area contributed by atoms with Crippen LogP contribution in [-0.4, -0.2) is 24.4 Å². The van der Waals surface area contributed by atoms with Crippen LogP contribution in [0.15, 0.2) is 72.8 Å². The SMILES string of the molecule is COc1ccc(-c2cc(Oc3ccc(F)cc3F)nnc2-c2ccc(OC)cc2)cc1. The Bertz CT molecular complexity index is 1200. The summed E-state index contributed by atoms with van der Waals surface area (Å²) >= 11 is 0. The van der Waals surface area contributed by atoms with Crippen molar-refractivity contribution in [1.29, 1.82) is 0 Å². The second kappa shape index (κ2) is 8.79. The second-order valence-electron chi connectivity index (χ2n) is 6.58. The van der Waals surface area contributed by atoms with E-state index in [0.29, 0.717) is 11.4 Å². The third kappa shape index (κ3) is 4.45. The molecule has 0 N–H and O–H groups in total. The number of nitrogens with zero attached hydrogens (tertiary/aromatic N) is 2. The Morgan fingerprint density at radius 1 is 0.677 bits per heavy atom. The molecule has 0 aliphatic heterocycles. The van der Waals surface area contributed by atoms with E-state index in [0.717, 1.165) is 34.6 Å². The van der Waals surface area contributed by atoms with E-state index in [1.54, 1.807) is 20.3 Å². The van der Waals surface area contributed by atoms with Crippen molar-refractivity contribution in [3.05, 3.63) is 84.4 Å². The zero-order valence-electron chi connectivity index (χ0n) is 16.8. The average Bonchev–Trinajstić information content (AvgIpc) is 2.81. The lowest BCUT2D eigenvalue weighted by atomic mass is 10.00. The Morgan fingerprint density at radius 3 is 1.87 bits per heavy atom. The summed E-state index contributed by atoms with van der Waals surface area (Å²) in [6.07, 6.45) is 0. The molecule has 1 heterocycles. The van der Waals surface area contributed by atoms with Gasteiger partial charge in [0.1, 0.15) is 23.0 Å². The third-order valence-corrected chi connectivity index (χ3v) is 4.64. The standard InChI is InChI=1S/C24H18F2N2O3/c1-29-18-8-3-15(4-9-18)20-14-23(31-22-12-7-17(25)13-21(22)26)27-28-24(20)16-5-10-19(30-2)11-6-16/h3-14H,1-2H3. The van der Waals surface area contributed by atoms with Gasteiger partial charge in [0.2, 0.25) is 5.88 Å². The van der Waals surface area contributed by atoms with E-state index in [1.165, 1.54) is 6.07 Å². The molecule has 0 radical (unpaired) electrons. The van der Waals surface area contributed by atoms with Gasteiger partial charge in [-0.05, 0) is 54.1 Å². The number of hydrogen-bond acceptors (Lipinski definition) is 5. The van der Waals surface area contributed by atoms with Crippen LogP contribution in [0.4, 0.5) is 8.78 Å². The molecule has 5 nitrogen and oxygen atoms in total. The van der Waals surface area contributed by atoms with Gasteiger partial charge in [-0.1, -0.05) is 12.1 Å². The summed E-state index contributed by atoms with van der Waals surface area (Å²) in [5.41, 5.74) is 2.99. The first-order valence-corrected chi connectivity index (χ1v) is 9.37. The van der Waals surface area contributed by atoms with Crippen LogP contribution in [0.25, 0.3) is 22.4 Å². The summed E-state index contributed by atoms with van der Waals surface area (Å²) in [7, 11) is 3.19. The van der Waals surface area contributed by atoms with E-state index >= 15 is 0 Å². The summed E-state index contributed by atoms with van der Waals surface area (Å²) in [5, 5.41) is 8.41. The Balaban J connectivity index is 1.78. The number of hydrogen-bond donors (Lipinski definition) is 0. The highest BCUT2D eigenvalue weighted by molar-refractivity contribution is 5.81. The molecule has 1 aromatic heterocycles. The summed E-state index contributed by atoms with van der Waals surface area (Å²) in [6, 6.07) is 19.5. The van der Waals surface area contributed by atoms with E-state index in [1.807, 2.05) is 48.5 Å². The summed E-state index contributed by atoms with van der Waals surface area (Å²) in [4.78, 5) is 0. The van der Waals surface area contributed by atoms with Gasteiger partial charge >= 0.3 is 0 Å². The molecule has 0 fully saturated rings. The number of aromatic nitrogens is 2.